The lowest BCUT2D eigenvalue weighted by Gasteiger charge is -2.34. The number of nitrogens with zero attached hydrogens (tertiary/aromatic N) is 1. The highest BCUT2D eigenvalue weighted by Gasteiger charge is 2.38. The molecule has 0 aromatic heterocycles. The molecular weight excluding hydrogens is 250 g/mol. The minimum atomic E-state index is -1.99. The van der Waals surface area contributed by atoms with E-state index in [9.17, 15) is 5.26 Å². The van der Waals surface area contributed by atoms with Crippen LogP contribution in [0.1, 0.15) is 18.9 Å². The van der Waals surface area contributed by atoms with Gasteiger partial charge < -0.3 is 4.43 Å². The number of halogens is 1. The topological polar surface area (TPSA) is 33.0 Å². The van der Waals surface area contributed by atoms with E-state index in [-0.39, 0.29) is 0 Å². The quantitative estimate of drug-likeness (QED) is 0.600. The van der Waals surface area contributed by atoms with Crippen LogP contribution in [0.5, 0.6) is 0 Å². The Morgan fingerprint density at radius 1 is 1.35 bits per heavy atom. The molecule has 4 heteroatoms. The summed E-state index contributed by atoms with van der Waals surface area (Å²) in [5.74, 6) is 0. The van der Waals surface area contributed by atoms with Crippen molar-refractivity contribution in [3.05, 3.63) is 35.9 Å². The van der Waals surface area contributed by atoms with Crippen molar-refractivity contribution in [3.63, 3.8) is 0 Å². The zero-order valence-corrected chi connectivity index (χ0v) is 12.3. The standard InChI is InChI=1S/C13H18ClNOSi/c1-4-13(10-15,16-17(2,3)11-14)12-8-6-5-7-9-12/h5-9H,4,11H2,1-3H3. The Hall–Kier alpha value is -0.823. The average Bonchev–Trinajstić information content (AvgIpc) is 2.37. The summed E-state index contributed by atoms with van der Waals surface area (Å²) in [5.41, 5.74) is 0.547. The van der Waals surface area contributed by atoms with Gasteiger partial charge in [-0.2, -0.15) is 5.26 Å². The smallest absolute Gasteiger partial charge is 0.203 e. The van der Waals surface area contributed by atoms with Gasteiger partial charge in [0.2, 0.25) is 8.32 Å². The van der Waals surface area contributed by atoms with Gasteiger partial charge in [-0.3, -0.25) is 0 Å². The maximum atomic E-state index is 9.49. The monoisotopic (exact) mass is 267 g/mol. The Kier molecular flexibility index (Phi) is 4.76. The molecule has 17 heavy (non-hydrogen) atoms. The summed E-state index contributed by atoms with van der Waals surface area (Å²) >= 11 is 5.93. The van der Waals surface area contributed by atoms with Crippen molar-refractivity contribution in [2.45, 2.75) is 32.0 Å². The SMILES string of the molecule is CCC(C#N)(O[Si](C)(C)CCl)c1ccccc1. The van der Waals surface area contributed by atoms with Crippen LogP contribution in [0.15, 0.2) is 30.3 Å². The van der Waals surface area contributed by atoms with E-state index in [1.807, 2.05) is 50.3 Å². The second-order valence-electron chi connectivity index (χ2n) is 4.65. The fourth-order valence-electron chi connectivity index (χ4n) is 1.71. The van der Waals surface area contributed by atoms with Gasteiger partial charge in [0.15, 0.2) is 5.60 Å². The predicted molar refractivity (Wildman–Crippen MR) is 73.3 cm³/mol. The van der Waals surface area contributed by atoms with Crippen molar-refractivity contribution < 1.29 is 4.43 Å². The second-order valence-corrected chi connectivity index (χ2v) is 9.45. The molecule has 1 atom stereocenters. The Balaban J connectivity index is 3.12. The van der Waals surface area contributed by atoms with Crippen LogP contribution < -0.4 is 0 Å². The number of rotatable bonds is 5. The number of alkyl halides is 1. The predicted octanol–water partition coefficient (Wildman–Crippen LogP) is 3.82. The molecule has 0 heterocycles. The van der Waals surface area contributed by atoms with Gasteiger partial charge >= 0.3 is 0 Å². The number of hydrogen-bond acceptors (Lipinski definition) is 2. The van der Waals surface area contributed by atoms with Gasteiger partial charge in [-0.15, -0.1) is 11.6 Å². The highest BCUT2D eigenvalue weighted by Crippen LogP contribution is 2.32. The molecule has 1 unspecified atom stereocenters. The van der Waals surface area contributed by atoms with Crippen LogP contribution in [0.25, 0.3) is 0 Å². The van der Waals surface area contributed by atoms with Gasteiger partial charge in [0.1, 0.15) is 6.07 Å². The number of benzene rings is 1. The molecule has 2 nitrogen and oxygen atoms in total. The molecule has 1 aromatic rings. The number of nitriles is 1. The summed E-state index contributed by atoms with van der Waals surface area (Å²) in [6, 6.07) is 12.0. The highest BCUT2D eigenvalue weighted by molar-refractivity contribution is 6.77. The van der Waals surface area contributed by atoms with E-state index in [1.54, 1.807) is 0 Å². The molecule has 0 aliphatic heterocycles. The van der Waals surface area contributed by atoms with Crippen molar-refractivity contribution in [3.8, 4) is 6.07 Å². The van der Waals surface area contributed by atoms with Crippen LogP contribution in [0.4, 0.5) is 0 Å². The molecule has 0 N–H and O–H groups in total. The van der Waals surface area contributed by atoms with Gasteiger partial charge in [-0.1, -0.05) is 37.3 Å². The molecule has 0 aliphatic rings. The van der Waals surface area contributed by atoms with E-state index in [1.165, 1.54) is 0 Å². The second kappa shape index (κ2) is 5.68. The third-order valence-corrected chi connectivity index (χ3v) is 6.17. The Morgan fingerprint density at radius 2 is 1.94 bits per heavy atom. The van der Waals surface area contributed by atoms with Crippen LogP contribution in [0.2, 0.25) is 13.1 Å². The lowest BCUT2D eigenvalue weighted by atomic mass is 9.93. The van der Waals surface area contributed by atoms with Gasteiger partial charge in [0.25, 0.3) is 0 Å². The van der Waals surface area contributed by atoms with Gasteiger partial charge in [0.05, 0.1) is 0 Å². The molecule has 0 amide bonds. The van der Waals surface area contributed by atoms with Crippen LogP contribution in [0, 0.1) is 11.3 Å². The summed E-state index contributed by atoms with van der Waals surface area (Å²) in [5, 5.41) is 9.49. The van der Waals surface area contributed by atoms with Crippen molar-refractivity contribution in [1.29, 1.82) is 5.26 Å². The Morgan fingerprint density at radius 3 is 2.35 bits per heavy atom. The van der Waals surface area contributed by atoms with Crippen LogP contribution in [0.3, 0.4) is 0 Å². The van der Waals surface area contributed by atoms with Gasteiger partial charge in [-0.05, 0) is 25.1 Å². The molecule has 0 saturated heterocycles. The molecule has 0 bridgehead atoms. The van der Waals surface area contributed by atoms with Crippen LogP contribution in [-0.2, 0) is 10.0 Å². The Labute approximate surface area is 109 Å². The average molecular weight is 268 g/mol. The first kappa shape index (κ1) is 14.2. The summed E-state index contributed by atoms with van der Waals surface area (Å²) in [4.78, 5) is 0. The van der Waals surface area contributed by atoms with Crippen LogP contribution in [-0.4, -0.2) is 13.8 Å². The summed E-state index contributed by atoms with van der Waals surface area (Å²) in [7, 11) is -1.99. The third kappa shape index (κ3) is 3.32. The minimum absolute atomic E-state index is 0.489. The van der Waals surface area contributed by atoms with Crippen LogP contribution >= 0.6 is 11.6 Å². The summed E-state index contributed by atoms with van der Waals surface area (Å²) < 4.78 is 6.10. The van der Waals surface area contributed by atoms with E-state index in [4.69, 9.17) is 16.0 Å². The minimum Gasteiger partial charge on any atom is -0.395 e. The zero-order valence-electron chi connectivity index (χ0n) is 10.5. The molecular formula is C13H18ClNOSi. The third-order valence-electron chi connectivity index (χ3n) is 2.69. The van der Waals surface area contributed by atoms with E-state index in [2.05, 4.69) is 6.07 Å². The maximum Gasteiger partial charge on any atom is 0.203 e. The Bertz CT molecular complexity index is 402. The van der Waals surface area contributed by atoms with Crippen molar-refractivity contribution in [1.82, 2.24) is 0 Å². The summed E-state index contributed by atoms with van der Waals surface area (Å²) in [6.45, 7) is 6.03. The van der Waals surface area contributed by atoms with Crippen molar-refractivity contribution in [2.75, 3.05) is 5.50 Å². The fraction of sp³-hybridized carbons (Fsp3) is 0.462. The molecule has 0 radical (unpaired) electrons. The lowest BCUT2D eigenvalue weighted by Crippen LogP contribution is -2.43. The largest absolute Gasteiger partial charge is 0.395 e. The van der Waals surface area contributed by atoms with E-state index in [0.717, 1.165) is 5.56 Å². The number of hydrogen-bond donors (Lipinski definition) is 0. The first-order valence-electron chi connectivity index (χ1n) is 5.72. The summed E-state index contributed by atoms with van der Waals surface area (Å²) in [6.07, 6.45) is 0.626. The van der Waals surface area contributed by atoms with Crippen molar-refractivity contribution >= 4 is 19.9 Å². The molecule has 92 valence electrons. The molecule has 0 fully saturated rings. The van der Waals surface area contributed by atoms with Crippen molar-refractivity contribution in [2.24, 2.45) is 0 Å². The van der Waals surface area contributed by atoms with Gasteiger partial charge in [-0.25, -0.2) is 0 Å². The molecule has 0 spiro atoms. The highest BCUT2D eigenvalue weighted by atomic mass is 35.5. The molecule has 1 rings (SSSR count). The van der Waals surface area contributed by atoms with E-state index < -0.39 is 13.9 Å². The molecule has 0 aliphatic carbocycles. The first-order valence-corrected chi connectivity index (χ1v) is 9.37. The van der Waals surface area contributed by atoms with Gasteiger partial charge in [0, 0.05) is 5.50 Å². The first-order chi connectivity index (χ1) is 7.99. The lowest BCUT2D eigenvalue weighted by molar-refractivity contribution is 0.114. The van der Waals surface area contributed by atoms with E-state index >= 15 is 0 Å². The molecule has 1 aromatic carbocycles. The molecule has 0 saturated carbocycles. The maximum absolute atomic E-state index is 9.49. The fourth-order valence-corrected chi connectivity index (χ4v) is 3.18. The van der Waals surface area contributed by atoms with E-state index in [0.29, 0.717) is 11.9 Å². The zero-order chi connectivity index (χ0) is 12.9. The normalized spacial score (nSPS) is 15.0.